The first-order chi connectivity index (χ1) is 9.13. The molecular weight excluding hydrogens is 240 g/mol. The second-order valence-electron chi connectivity index (χ2n) is 5.74. The lowest BCUT2D eigenvalue weighted by Crippen LogP contribution is -2.34. The Morgan fingerprint density at radius 3 is 2.53 bits per heavy atom. The number of anilines is 1. The van der Waals surface area contributed by atoms with Gasteiger partial charge in [-0.1, -0.05) is 20.8 Å². The van der Waals surface area contributed by atoms with Crippen molar-refractivity contribution >= 4 is 5.95 Å². The first-order valence-corrected chi connectivity index (χ1v) is 7.45. The molecule has 2 atom stereocenters. The van der Waals surface area contributed by atoms with Crippen molar-refractivity contribution in [3.63, 3.8) is 0 Å². The molecule has 5 heteroatoms. The van der Waals surface area contributed by atoms with Crippen LogP contribution in [-0.4, -0.2) is 35.8 Å². The molecule has 1 aromatic heterocycles. The summed E-state index contributed by atoms with van der Waals surface area (Å²) in [5.74, 6) is 2.27. The van der Waals surface area contributed by atoms with Crippen LogP contribution < -0.4 is 10.2 Å². The maximum absolute atomic E-state index is 5.53. The van der Waals surface area contributed by atoms with Crippen LogP contribution >= 0.6 is 0 Å². The highest BCUT2D eigenvalue weighted by Crippen LogP contribution is 2.28. The van der Waals surface area contributed by atoms with Gasteiger partial charge >= 0.3 is 0 Å². The average Bonchev–Trinajstić information content (AvgIpc) is 2.98. The molecule has 108 valence electrons. The molecule has 1 saturated heterocycles. The average molecular weight is 266 g/mol. The van der Waals surface area contributed by atoms with Gasteiger partial charge in [-0.15, -0.1) is 0 Å². The Labute approximate surface area is 115 Å². The number of rotatable bonds is 6. The summed E-state index contributed by atoms with van der Waals surface area (Å²) in [5.41, 5.74) is 0. The molecule has 0 aliphatic carbocycles. The lowest BCUT2D eigenvalue weighted by atomic mass is 9.89. The van der Waals surface area contributed by atoms with E-state index in [1.54, 1.807) is 0 Å². The third-order valence-corrected chi connectivity index (χ3v) is 3.89. The summed E-state index contributed by atoms with van der Waals surface area (Å²) in [6.45, 7) is 11.8. The van der Waals surface area contributed by atoms with Gasteiger partial charge in [0.15, 0.2) is 0 Å². The van der Waals surface area contributed by atoms with Crippen LogP contribution in [0.15, 0.2) is 4.52 Å². The van der Waals surface area contributed by atoms with Crippen molar-refractivity contribution in [1.82, 2.24) is 15.5 Å². The number of hydrogen-bond acceptors (Lipinski definition) is 5. The third-order valence-electron chi connectivity index (χ3n) is 3.89. The quantitative estimate of drug-likeness (QED) is 0.857. The standard InChI is InChI=1S/C14H26N4O/c1-5-15-11(4)12(10(2)3)13-16-14(17-19-13)18-8-6-7-9-18/h10-12,15H,5-9H2,1-4H3. The van der Waals surface area contributed by atoms with Crippen molar-refractivity contribution in [3.8, 4) is 0 Å². The van der Waals surface area contributed by atoms with Crippen molar-refractivity contribution in [3.05, 3.63) is 5.89 Å². The second kappa shape index (κ2) is 6.37. The van der Waals surface area contributed by atoms with Gasteiger partial charge in [-0.2, -0.15) is 4.98 Å². The van der Waals surface area contributed by atoms with Crippen molar-refractivity contribution in [2.75, 3.05) is 24.5 Å². The summed E-state index contributed by atoms with van der Waals surface area (Å²) < 4.78 is 5.53. The maximum atomic E-state index is 5.53. The Hall–Kier alpha value is -1.10. The molecule has 0 spiro atoms. The molecule has 1 aliphatic heterocycles. The van der Waals surface area contributed by atoms with Crippen LogP contribution in [0.4, 0.5) is 5.95 Å². The SMILES string of the molecule is CCNC(C)C(c1nc(N2CCCC2)no1)C(C)C. The zero-order chi connectivity index (χ0) is 13.8. The zero-order valence-corrected chi connectivity index (χ0v) is 12.5. The molecule has 0 aromatic carbocycles. The highest BCUT2D eigenvalue weighted by atomic mass is 16.5. The minimum atomic E-state index is 0.267. The minimum Gasteiger partial charge on any atom is -0.338 e. The monoisotopic (exact) mass is 266 g/mol. The molecule has 1 aromatic rings. The number of nitrogens with one attached hydrogen (secondary N) is 1. The van der Waals surface area contributed by atoms with Crippen LogP contribution in [0.3, 0.4) is 0 Å². The van der Waals surface area contributed by atoms with Gasteiger partial charge in [0, 0.05) is 19.1 Å². The van der Waals surface area contributed by atoms with E-state index >= 15 is 0 Å². The molecule has 0 radical (unpaired) electrons. The highest BCUT2D eigenvalue weighted by molar-refractivity contribution is 5.29. The van der Waals surface area contributed by atoms with Gasteiger partial charge in [0.2, 0.25) is 5.89 Å². The Bertz CT molecular complexity index is 385. The molecule has 1 fully saturated rings. The number of likely N-dealkylation sites (N-methyl/N-ethyl adjacent to an activating group) is 1. The fourth-order valence-electron chi connectivity index (χ4n) is 2.93. The van der Waals surface area contributed by atoms with Gasteiger partial charge < -0.3 is 14.7 Å². The topological polar surface area (TPSA) is 54.2 Å². The predicted molar refractivity (Wildman–Crippen MR) is 76.5 cm³/mol. The fraction of sp³-hybridized carbons (Fsp3) is 0.857. The van der Waals surface area contributed by atoms with E-state index < -0.39 is 0 Å². The Kier molecular flexibility index (Phi) is 4.80. The summed E-state index contributed by atoms with van der Waals surface area (Å²) >= 11 is 0. The van der Waals surface area contributed by atoms with Gasteiger partial charge in [-0.25, -0.2) is 0 Å². The maximum Gasteiger partial charge on any atom is 0.266 e. The van der Waals surface area contributed by atoms with Gasteiger partial charge in [0.25, 0.3) is 5.95 Å². The van der Waals surface area contributed by atoms with Gasteiger partial charge in [-0.05, 0) is 37.4 Å². The zero-order valence-electron chi connectivity index (χ0n) is 12.5. The molecule has 5 nitrogen and oxygen atoms in total. The summed E-state index contributed by atoms with van der Waals surface area (Å²) in [5, 5.41) is 7.62. The highest BCUT2D eigenvalue weighted by Gasteiger charge is 2.29. The van der Waals surface area contributed by atoms with E-state index in [0.717, 1.165) is 31.5 Å². The molecule has 0 amide bonds. The van der Waals surface area contributed by atoms with Crippen LogP contribution in [0.5, 0.6) is 0 Å². The van der Waals surface area contributed by atoms with E-state index in [1.807, 2.05) is 0 Å². The van der Waals surface area contributed by atoms with E-state index in [1.165, 1.54) is 12.8 Å². The smallest absolute Gasteiger partial charge is 0.266 e. The number of hydrogen-bond donors (Lipinski definition) is 1. The first kappa shape index (κ1) is 14.3. The molecule has 19 heavy (non-hydrogen) atoms. The number of aromatic nitrogens is 2. The van der Waals surface area contributed by atoms with E-state index in [2.05, 4.69) is 48.1 Å². The van der Waals surface area contributed by atoms with E-state index in [0.29, 0.717) is 12.0 Å². The molecule has 0 saturated carbocycles. The predicted octanol–water partition coefficient (Wildman–Crippen LogP) is 2.41. The second-order valence-corrected chi connectivity index (χ2v) is 5.74. The van der Waals surface area contributed by atoms with Crippen LogP contribution in [0.25, 0.3) is 0 Å². The molecular formula is C14H26N4O. The van der Waals surface area contributed by atoms with Crippen molar-refractivity contribution < 1.29 is 4.52 Å². The Morgan fingerprint density at radius 1 is 1.26 bits per heavy atom. The minimum absolute atomic E-state index is 0.267. The first-order valence-electron chi connectivity index (χ1n) is 7.45. The Morgan fingerprint density at radius 2 is 1.95 bits per heavy atom. The van der Waals surface area contributed by atoms with E-state index in [9.17, 15) is 0 Å². The van der Waals surface area contributed by atoms with Crippen molar-refractivity contribution in [2.24, 2.45) is 5.92 Å². The lowest BCUT2D eigenvalue weighted by molar-refractivity contribution is 0.281. The molecule has 2 rings (SSSR count). The molecule has 1 N–H and O–H groups in total. The molecule has 2 heterocycles. The summed E-state index contributed by atoms with van der Waals surface area (Å²) in [6, 6.07) is 0.344. The van der Waals surface area contributed by atoms with Crippen LogP contribution in [-0.2, 0) is 0 Å². The normalized spacial score (nSPS) is 19.1. The largest absolute Gasteiger partial charge is 0.338 e. The number of nitrogens with zero attached hydrogens (tertiary/aromatic N) is 3. The summed E-state index contributed by atoms with van der Waals surface area (Å²) in [7, 11) is 0. The summed E-state index contributed by atoms with van der Waals surface area (Å²) in [4.78, 5) is 6.84. The lowest BCUT2D eigenvalue weighted by Gasteiger charge is -2.24. The van der Waals surface area contributed by atoms with E-state index in [-0.39, 0.29) is 5.92 Å². The van der Waals surface area contributed by atoms with Crippen LogP contribution in [0, 0.1) is 5.92 Å². The fourth-order valence-corrected chi connectivity index (χ4v) is 2.93. The molecule has 2 unspecified atom stereocenters. The molecule has 0 bridgehead atoms. The van der Waals surface area contributed by atoms with Crippen LogP contribution in [0.1, 0.15) is 52.3 Å². The summed E-state index contributed by atoms with van der Waals surface area (Å²) in [6.07, 6.45) is 2.45. The third kappa shape index (κ3) is 3.26. The van der Waals surface area contributed by atoms with Crippen LogP contribution in [0.2, 0.25) is 0 Å². The van der Waals surface area contributed by atoms with Gasteiger partial charge in [0.1, 0.15) is 0 Å². The van der Waals surface area contributed by atoms with Gasteiger partial charge in [0.05, 0.1) is 5.92 Å². The molecule has 1 aliphatic rings. The Balaban J connectivity index is 2.13. The van der Waals surface area contributed by atoms with E-state index in [4.69, 9.17) is 4.52 Å². The van der Waals surface area contributed by atoms with Crippen molar-refractivity contribution in [1.29, 1.82) is 0 Å². The van der Waals surface area contributed by atoms with Crippen molar-refractivity contribution in [2.45, 2.75) is 52.5 Å². The van der Waals surface area contributed by atoms with Gasteiger partial charge in [-0.3, -0.25) is 0 Å².